The molecule has 6 nitrogen and oxygen atoms in total. The second kappa shape index (κ2) is 9.18. The molecule has 2 atom stereocenters. The molecule has 0 saturated carbocycles. The predicted molar refractivity (Wildman–Crippen MR) is 120 cm³/mol. The second-order valence-corrected chi connectivity index (χ2v) is 9.27. The van der Waals surface area contributed by atoms with E-state index in [1.807, 2.05) is 45.9 Å². The Hall–Kier alpha value is -2.38. The number of amides is 1. The van der Waals surface area contributed by atoms with Gasteiger partial charge in [-0.25, -0.2) is 0 Å². The van der Waals surface area contributed by atoms with E-state index in [0.29, 0.717) is 33.6 Å². The first kappa shape index (κ1) is 20.9. The van der Waals surface area contributed by atoms with Crippen LogP contribution in [0.25, 0.3) is 17.1 Å². The number of carbonyl (C=O) groups excluding carboxylic acids is 1. The third-order valence-electron chi connectivity index (χ3n) is 5.20. The lowest BCUT2D eigenvalue weighted by Crippen LogP contribution is -2.43. The Kier molecular flexibility index (Phi) is 6.39. The molecule has 3 aromatic rings. The minimum atomic E-state index is 0.148. The van der Waals surface area contributed by atoms with Crippen molar-refractivity contribution >= 4 is 29.3 Å². The van der Waals surface area contributed by atoms with Crippen LogP contribution in [-0.4, -0.2) is 49.4 Å². The highest BCUT2D eigenvalue weighted by atomic mass is 35.5. The van der Waals surface area contributed by atoms with E-state index in [1.54, 1.807) is 12.4 Å². The molecule has 0 N–H and O–H groups in total. The fourth-order valence-electron chi connectivity index (χ4n) is 3.96. The minimum absolute atomic E-state index is 0.148. The Morgan fingerprint density at radius 2 is 1.73 bits per heavy atom. The topological polar surface area (TPSA) is 63.9 Å². The number of thioether (sulfide) groups is 1. The molecular weight excluding hydrogens is 418 g/mol. The summed E-state index contributed by atoms with van der Waals surface area (Å²) in [5.41, 5.74) is 1.80. The van der Waals surface area contributed by atoms with Crippen LogP contribution in [0.2, 0.25) is 5.02 Å². The fraction of sp³-hybridized carbons (Fsp3) is 0.364. The van der Waals surface area contributed by atoms with E-state index in [4.69, 9.17) is 11.6 Å². The summed E-state index contributed by atoms with van der Waals surface area (Å²) in [4.78, 5) is 18.9. The number of carbonyl (C=O) groups is 1. The van der Waals surface area contributed by atoms with Gasteiger partial charge in [0.15, 0.2) is 11.0 Å². The molecule has 4 rings (SSSR count). The van der Waals surface area contributed by atoms with Gasteiger partial charge in [-0.15, -0.1) is 10.2 Å². The fourth-order valence-corrected chi connectivity index (χ4v) is 4.94. The minimum Gasteiger partial charge on any atom is -0.341 e. The molecule has 3 heterocycles. The summed E-state index contributed by atoms with van der Waals surface area (Å²) in [6.07, 6.45) is 4.63. The highest BCUT2D eigenvalue weighted by Crippen LogP contribution is 2.29. The van der Waals surface area contributed by atoms with Crippen LogP contribution < -0.4 is 0 Å². The van der Waals surface area contributed by atoms with Gasteiger partial charge < -0.3 is 4.90 Å². The molecule has 2 aromatic heterocycles. The Labute approximate surface area is 185 Å². The second-order valence-electron chi connectivity index (χ2n) is 7.89. The summed E-state index contributed by atoms with van der Waals surface area (Å²) < 4.78 is 1.96. The van der Waals surface area contributed by atoms with Crippen molar-refractivity contribution in [3.8, 4) is 17.1 Å². The molecular formula is C22H24ClN5OS. The zero-order chi connectivity index (χ0) is 21.1. The van der Waals surface area contributed by atoms with Gasteiger partial charge in [0.25, 0.3) is 0 Å². The van der Waals surface area contributed by atoms with Crippen LogP contribution in [0.1, 0.15) is 20.3 Å². The van der Waals surface area contributed by atoms with Gasteiger partial charge in [0.2, 0.25) is 5.91 Å². The first-order valence-electron chi connectivity index (χ1n) is 10.0. The van der Waals surface area contributed by atoms with Gasteiger partial charge in [0.05, 0.1) is 5.75 Å². The van der Waals surface area contributed by atoms with E-state index >= 15 is 0 Å². The molecule has 8 heteroatoms. The number of pyridine rings is 1. The maximum absolute atomic E-state index is 12.9. The van der Waals surface area contributed by atoms with Crippen LogP contribution in [0.3, 0.4) is 0 Å². The average Bonchev–Trinajstić information content (AvgIpc) is 3.16. The van der Waals surface area contributed by atoms with Crippen LogP contribution >= 0.6 is 23.4 Å². The molecule has 1 fully saturated rings. The quantitative estimate of drug-likeness (QED) is 0.542. The molecule has 156 valence electrons. The molecule has 1 aliphatic rings. The molecule has 0 bridgehead atoms. The van der Waals surface area contributed by atoms with Crippen LogP contribution in [0, 0.1) is 11.8 Å². The van der Waals surface area contributed by atoms with E-state index < -0.39 is 0 Å². The van der Waals surface area contributed by atoms with Crippen molar-refractivity contribution < 1.29 is 4.79 Å². The number of halogens is 1. The number of rotatable bonds is 5. The van der Waals surface area contributed by atoms with Crippen molar-refractivity contribution in [1.29, 1.82) is 0 Å². The van der Waals surface area contributed by atoms with Crippen molar-refractivity contribution in [2.24, 2.45) is 11.8 Å². The molecule has 0 aliphatic carbocycles. The SMILES string of the molecule is C[C@@H]1C[C@H](C)CN(C(=O)CSc2nnc(-c3ccncc3)n2-c2ccc(Cl)cc2)C1. The largest absolute Gasteiger partial charge is 0.341 e. The van der Waals surface area contributed by atoms with Crippen molar-refractivity contribution in [3.63, 3.8) is 0 Å². The van der Waals surface area contributed by atoms with Crippen LogP contribution in [0.4, 0.5) is 0 Å². The zero-order valence-corrected chi connectivity index (χ0v) is 18.6. The number of aromatic nitrogens is 4. The Balaban J connectivity index is 1.59. The van der Waals surface area contributed by atoms with Gasteiger partial charge in [-0.3, -0.25) is 14.3 Å². The summed E-state index contributed by atoms with van der Waals surface area (Å²) in [7, 11) is 0. The van der Waals surface area contributed by atoms with Gasteiger partial charge in [-0.1, -0.05) is 37.2 Å². The average molecular weight is 442 g/mol. The van der Waals surface area contributed by atoms with Crippen LogP contribution in [0.15, 0.2) is 53.9 Å². The van der Waals surface area contributed by atoms with Crippen molar-refractivity contribution in [3.05, 3.63) is 53.8 Å². The monoisotopic (exact) mass is 441 g/mol. The van der Waals surface area contributed by atoms with E-state index in [9.17, 15) is 4.79 Å². The van der Waals surface area contributed by atoms with Crippen molar-refractivity contribution in [2.75, 3.05) is 18.8 Å². The van der Waals surface area contributed by atoms with Crippen molar-refractivity contribution in [2.45, 2.75) is 25.4 Å². The maximum atomic E-state index is 12.9. The number of benzene rings is 1. The molecule has 1 amide bonds. The maximum Gasteiger partial charge on any atom is 0.233 e. The number of hydrogen-bond acceptors (Lipinski definition) is 5. The third kappa shape index (κ3) is 4.68. The number of piperidine rings is 1. The lowest BCUT2D eigenvalue weighted by atomic mass is 9.92. The Morgan fingerprint density at radius 3 is 2.40 bits per heavy atom. The van der Waals surface area contributed by atoms with Gasteiger partial charge >= 0.3 is 0 Å². The summed E-state index contributed by atoms with van der Waals surface area (Å²) in [6.45, 7) is 6.08. The lowest BCUT2D eigenvalue weighted by molar-refractivity contribution is -0.130. The number of nitrogens with zero attached hydrogens (tertiary/aromatic N) is 5. The molecule has 0 radical (unpaired) electrons. The standard InChI is InChI=1S/C22H24ClN5OS/c1-15-11-16(2)13-27(12-15)20(29)14-30-22-26-25-21(17-7-9-24-10-8-17)28(22)19-5-3-18(23)4-6-19/h3-10,15-16H,11-14H2,1-2H3/t15-,16+. The molecule has 0 unspecified atom stereocenters. The van der Waals surface area contributed by atoms with E-state index in [0.717, 1.165) is 24.3 Å². The Bertz CT molecular complexity index is 998. The van der Waals surface area contributed by atoms with E-state index in [2.05, 4.69) is 29.0 Å². The lowest BCUT2D eigenvalue weighted by Gasteiger charge is -2.34. The van der Waals surface area contributed by atoms with Crippen molar-refractivity contribution in [1.82, 2.24) is 24.6 Å². The number of likely N-dealkylation sites (tertiary alicyclic amines) is 1. The predicted octanol–water partition coefficient (Wildman–Crippen LogP) is 4.58. The molecule has 30 heavy (non-hydrogen) atoms. The van der Waals surface area contributed by atoms with E-state index in [1.165, 1.54) is 18.2 Å². The first-order chi connectivity index (χ1) is 14.5. The molecule has 1 saturated heterocycles. The highest BCUT2D eigenvalue weighted by molar-refractivity contribution is 7.99. The van der Waals surface area contributed by atoms with E-state index in [-0.39, 0.29) is 5.91 Å². The van der Waals surface area contributed by atoms with Gasteiger partial charge in [0, 0.05) is 41.8 Å². The highest BCUT2D eigenvalue weighted by Gasteiger charge is 2.26. The zero-order valence-electron chi connectivity index (χ0n) is 17.0. The Morgan fingerprint density at radius 1 is 1.07 bits per heavy atom. The van der Waals surface area contributed by atoms with Gasteiger partial charge in [0.1, 0.15) is 0 Å². The van der Waals surface area contributed by atoms with Gasteiger partial charge in [-0.05, 0) is 54.7 Å². The third-order valence-corrected chi connectivity index (χ3v) is 6.37. The summed E-state index contributed by atoms with van der Waals surface area (Å²) >= 11 is 7.49. The number of hydrogen-bond donors (Lipinski definition) is 0. The normalized spacial score (nSPS) is 19.1. The van der Waals surface area contributed by atoms with Crippen LogP contribution in [-0.2, 0) is 4.79 Å². The summed E-state index contributed by atoms with van der Waals surface area (Å²) in [5, 5.41) is 10.1. The van der Waals surface area contributed by atoms with Crippen LogP contribution in [0.5, 0.6) is 0 Å². The molecule has 0 spiro atoms. The molecule has 1 aromatic carbocycles. The first-order valence-corrected chi connectivity index (χ1v) is 11.4. The van der Waals surface area contributed by atoms with Gasteiger partial charge in [-0.2, -0.15) is 0 Å². The molecule has 1 aliphatic heterocycles. The summed E-state index contributed by atoms with van der Waals surface area (Å²) in [6, 6.07) is 11.3. The smallest absolute Gasteiger partial charge is 0.233 e. The summed E-state index contributed by atoms with van der Waals surface area (Å²) in [5.74, 6) is 2.27.